The lowest BCUT2D eigenvalue weighted by atomic mass is 9.87. The molecule has 0 unspecified atom stereocenters. The van der Waals surface area contributed by atoms with Gasteiger partial charge in [0.25, 0.3) is 10.0 Å². The molecule has 0 aliphatic carbocycles. The van der Waals surface area contributed by atoms with E-state index in [1.54, 1.807) is 12.1 Å². The Kier molecular flexibility index (Phi) is 5.21. The van der Waals surface area contributed by atoms with Gasteiger partial charge in [0.15, 0.2) is 0 Å². The van der Waals surface area contributed by atoms with Gasteiger partial charge in [-0.05, 0) is 35.2 Å². The molecule has 0 saturated carbocycles. The van der Waals surface area contributed by atoms with Crippen LogP contribution in [0.3, 0.4) is 0 Å². The van der Waals surface area contributed by atoms with E-state index in [1.165, 1.54) is 12.1 Å². The monoisotopic (exact) mass is 391 g/mol. The van der Waals surface area contributed by atoms with Crippen LogP contribution in [-0.4, -0.2) is 8.42 Å². The molecule has 2 aromatic rings. The van der Waals surface area contributed by atoms with Gasteiger partial charge in [-0.15, -0.1) is 0 Å². The van der Waals surface area contributed by atoms with Crippen LogP contribution in [-0.2, 0) is 15.4 Å². The molecule has 2 aromatic carbocycles. The Morgan fingerprint density at radius 2 is 1.39 bits per heavy atom. The maximum Gasteiger partial charge on any atom is 0.263 e. The van der Waals surface area contributed by atoms with Gasteiger partial charge in [0.1, 0.15) is 4.90 Å². The Morgan fingerprint density at radius 1 is 0.870 bits per heavy atom. The molecule has 0 radical (unpaired) electrons. The molecular formula is C16H16Cl3NO2S. The fourth-order valence-corrected chi connectivity index (χ4v) is 4.02. The first-order chi connectivity index (χ1) is 10.5. The average molecular weight is 393 g/mol. The molecular weight excluding hydrogens is 377 g/mol. The maximum absolute atomic E-state index is 12.5. The Labute approximate surface area is 151 Å². The van der Waals surface area contributed by atoms with Crippen LogP contribution in [0.25, 0.3) is 0 Å². The first kappa shape index (κ1) is 18.4. The molecule has 0 spiro atoms. The van der Waals surface area contributed by atoms with Crippen molar-refractivity contribution in [2.24, 2.45) is 0 Å². The highest BCUT2D eigenvalue weighted by Crippen LogP contribution is 2.32. The summed E-state index contributed by atoms with van der Waals surface area (Å²) in [6, 6.07) is 9.73. The van der Waals surface area contributed by atoms with Crippen molar-refractivity contribution in [3.8, 4) is 0 Å². The molecule has 0 bridgehead atoms. The van der Waals surface area contributed by atoms with Crippen molar-refractivity contribution in [3.63, 3.8) is 0 Å². The van der Waals surface area contributed by atoms with Gasteiger partial charge in [0.2, 0.25) is 0 Å². The highest BCUT2D eigenvalue weighted by molar-refractivity contribution is 7.92. The molecule has 0 aliphatic heterocycles. The highest BCUT2D eigenvalue weighted by Gasteiger charge is 2.20. The molecule has 0 amide bonds. The molecule has 0 saturated heterocycles. The third kappa shape index (κ3) is 4.32. The van der Waals surface area contributed by atoms with Crippen molar-refractivity contribution in [1.82, 2.24) is 0 Å². The zero-order chi connectivity index (χ0) is 17.4. The predicted octanol–water partition coefficient (Wildman–Crippen LogP) is 5.75. The summed E-state index contributed by atoms with van der Waals surface area (Å²) < 4.78 is 27.4. The maximum atomic E-state index is 12.5. The average Bonchev–Trinajstić information content (AvgIpc) is 2.41. The fraction of sp³-hybridized carbons (Fsp3) is 0.250. The topological polar surface area (TPSA) is 46.2 Å². The third-order valence-corrected chi connectivity index (χ3v) is 5.84. The van der Waals surface area contributed by atoms with Crippen molar-refractivity contribution in [2.45, 2.75) is 31.1 Å². The van der Waals surface area contributed by atoms with Crippen molar-refractivity contribution < 1.29 is 8.42 Å². The van der Waals surface area contributed by atoms with Gasteiger partial charge >= 0.3 is 0 Å². The highest BCUT2D eigenvalue weighted by atomic mass is 35.5. The summed E-state index contributed by atoms with van der Waals surface area (Å²) in [6.45, 7) is 6.25. The molecule has 124 valence electrons. The van der Waals surface area contributed by atoms with Crippen molar-refractivity contribution in [1.29, 1.82) is 0 Å². The molecule has 1 N–H and O–H groups in total. The van der Waals surface area contributed by atoms with Crippen molar-refractivity contribution in [2.75, 3.05) is 4.72 Å². The Hall–Kier alpha value is -0.940. The van der Waals surface area contributed by atoms with E-state index in [0.717, 1.165) is 5.56 Å². The molecule has 0 aromatic heterocycles. The lowest BCUT2D eigenvalue weighted by Gasteiger charge is -2.19. The second-order valence-corrected chi connectivity index (χ2v) is 9.00. The van der Waals surface area contributed by atoms with E-state index in [2.05, 4.69) is 25.5 Å². The molecule has 23 heavy (non-hydrogen) atoms. The quantitative estimate of drug-likeness (QED) is 0.676. The minimum Gasteiger partial charge on any atom is -0.280 e. The van der Waals surface area contributed by atoms with E-state index in [4.69, 9.17) is 34.8 Å². The lowest BCUT2D eigenvalue weighted by Crippen LogP contribution is -2.14. The van der Waals surface area contributed by atoms with E-state index in [1.807, 2.05) is 12.1 Å². The van der Waals surface area contributed by atoms with E-state index < -0.39 is 10.0 Å². The number of anilines is 1. The second kappa shape index (κ2) is 6.52. The van der Waals surface area contributed by atoms with E-state index in [9.17, 15) is 8.42 Å². The first-order valence-corrected chi connectivity index (χ1v) is 9.40. The van der Waals surface area contributed by atoms with Crippen LogP contribution in [0.15, 0.2) is 41.3 Å². The number of nitrogens with one attached hydrogen (secondary N) is 1. The summed E-state index contributed by atoms with van der Waals surface area (Å²) in [5.41, 5.74) is 1.54. The fourth-order valence-electron chi connectivity index (χ4n) is 1.96. The van der Waals surface area contributed by atoms with Gasteiger partial charge in [0, 0.05) is 5.69 Å². The largest absolute Gasteiger partial charge is 0.280 e. The standard InChI is InChI=1S/C16H16Cl3NO2S/c1-16(2,3)10-4-6-11(7-5-10)20-23(21,22)15-9-13(18)12(17)8-14(15)19/h4-9,20H,1-3H3. The molecule has 0 fully saturated rings. The van der Waals surface area contributed by atoms with Gasteiger partial charge in [0.05, 0.1) is 15.1 Å². The smallest absolute Gasteiger partial charge is 0.263 e. The normalized spacial score (nSPS) is 12.3. The van der Waals surface area contributed by atoms with Crippen LogP contribution < -0.4 is 4.72 Å². The first-order valence-electron chi connectivity index (χ1n) is 6.78. The molecule has 7 heteroatoms. The van der Waals surface area contributed by atoms with Crippen molar-refractivity contribution in [3.05, 3.63) is 57.0 Å². The van der Waals surface area contributed by atoms with Crippen LogP contribution in [0.5, 0.6) is 0 Å². The molecule has 0 heterocycles. The number of halogens is 3. The zero-order valence-corrected chi connectivity index (χ0v) is 15.9. The van der Waals surface area contributed by atoms with Crippen LogP contribution in [0.1, 0.15) is 26.3 Å². The predicted molar refractivity (Wildman–Crippen MR) is 97.4 cm³/mol. The molecule has 2 rings (SSSR count). The van der Waals surface area contributed by atoms with Gasteiger partial charge in [-0.3, -0.25) is 4.72 Å². The Balaban J connectivity index is 2.34. The van der Waals surface area contributed by atoms with Gasteiger partial charge < -0.3 is 0 Å². The van der Waals surface area contributed by atoms with Crippen LogP contribution in [0.4, 0.5) is 5.69 Å². The molecule has 0 atom stereocenters. The number of sulfonamides is 1. The third-order valence-electron chi connectivity index (χ3n) is 3.27. The zero-order valence-electron chi connectivity index (χ0n) is 12.8. The molecule has 3 nitrogen and oxygen atoms in total. The molecule has 0 aliphatic rings. The van der Waals surface area contributed by atoms with E-state index in [0.29, 0.717) is 5.69 Å². The number of benzene rings is 2. The SMILES string of the molecule is CC(C)(C)c1ccc(NS(=O)(=O)c2cc(Cl)c(Cl)cc2Cl)cc1. The second-order valence-electron chi connectivity index (χ2n) is 6.13. The van der Waals surface area contributed by atoms with Crippen LogP contribution >= 0.6 is 34.8 Å². The summed E-state index contributed by atoms with van der Waals surface area (Å²) in [4.78, 5) is -0.117. The van der Waals surface area contributed by atoms with Crippen LogP contribution in [0, 0.1) is 0 Å². The minimum atomic E-state index is -3.86. The van der Waals surface area contributed by atoms with Gasteiger partial charge in [-0.25, -0.2) is 8.42 Å². The number of hydrogen-bond acceptors (Lipinski definition) is 2. The summed E-state index contributed by atoms with van der Waals surface area (Å²) >= 11 is 17.7. The van der Waals surface area contributed by atoms with Gasteiger partial charge in [-0.2, -0.15) is 0 Å². The summed E-state index contributed by atoms with van der Waals surface area (Å²) in [5, 5.41) is 0.336. The van der Waals surface area contributed by atoms with E-state index >= 15 is 0 Å². The minimum absolute atomic E-state index is 0.00951. The number of hydrogen-bond donors (Lipinski definition) is 1. The summed E-state index contributed by atoms with van der Waals surface area (Å²) in [6.07, 6.45) is 0. The Bertz CT molecular complexity index is 826. The summed E-state index contributed by atoms with van der Waals surface area (Å²) in [5.74, 6) is 0. The van der Waals surface area contributed by atoms with E-state index in [-0.39, 0.29) is 25.4 Å². The summed E-state index contributed by atoms with van der Waals surface area (Å²) in [7, 11) is -3.86. The van der Waals surface area contributed by atoms with Crippen LogP contribution in [0.2, 0.25) is 15.1 Å². The van der Waals surface area contributed by atoms with Crippen molar-refractivity contribution >= 4 is 50.5 Å². The lowest BCUT2D eigenvalue weighted by molar-refractivity contribution is 0.590. The van der Waals surface area contributed by atoms with Gasteiger partial charge in [-0.1, -0.05) is 67.7 Å². The Morgan fingerprint density at radius 3 is 1.91 bits per heavy atom. The number of rotatable bonds is 3.